The van der Waals surface area contributed by atoms with Gasteiger partial charge in [0.2, 0.25) is 0 Å². The minimum absolute atomic E-state index is 0.309. The van der Waals surface area contributed by atoms with Crippen LogP contribution in [0.4, 0.5) is 0 Å². The van der Waals surface area contributed by atoms with Gasteiger partial charge < -0.3 is 5.32 Å². The molecule has 0 aliphatic carbocycles. The van der Waals surface area contributed by atoms with E-state index in [2.05, 4.69) is 24.4 Å². The molecule has 0 spiro atoms. The van der Waals surface area contributed by atoms with E-state index in [1.165, 1.54) is 11.8 Å². The van der Waals surface area contributed by atoms with E-state index in [0.717, 1.165) is 12.8 Å². The minimum Gasteiger partial charge on any atom is -0.312 e. The summed E-state index contributed by atoms with van der Waals surface area (Å²) in [5.74, 6) is 0. The Morgan fingerprint density at radius 3 is 2.26 bits per heavy atom. The van der Waals surface area contributed by atoms with Crippen LogP contribution in [0.2, 0.25) is 0 Å². The van der Waals surface area contributed by atoms with Gasteiger partial charge in [-0.05, 0) is 32.3 Å². The summed E-state index contributed by atoms with van der Waals surface area (Å²) in [5, 5.41) is 3.39. The van der Waals surface area contributed by atoms with Gasteiger partial charge >= 0.3 is 0 Å². The largest absolute Gasteiger partial charge is 0.312 e. The summed E-state index contributed by atoms with van der Waals surface area (Å²) in [4.78, 5) is 0. The van der Waals surface area contributed by atoms with E-state index in [-0.39, 0.29) is 0 Å². The standard InChI is InChI=1S/C15H25NO2S/c1-5-14(11-13-9-7-6-8-10-13)16-12-15(2,3)19(4,17)18/h6-10,14,16H,5,11-12H2,1-4H3. The van der Waals surface area contributed by atoms with Crippen molar-refractivity contribution >= 4 is 9.84 Å². The summed E-state index contributed by atoms with van der Waals surface area (Å²) >= 11 is 0. The molecule has 4 heteroatoms. The van der Waals surface area contributed by atoms with Crippen LogP contribution in [0, 0.1) is 0 Å². The van der Waals surface area contributed by atoms with Crippen molar-refractivity contribution in [2.75, 3.05) is 12.8 Å². The second-order valence-electron chi connectivity index (χ2n) is 5.71. The van der Waals surface area contributed by atoms with Crippen LogP contribution in [0.3, 0.4) is 0 Å². The van der Waals surface area contributed by atoms with E-state index in [1.807, 2.05) is 18.2 Å². The highest BCUT2D eigenvalue weighted by Crippen LogP contribution is 2.15. The molecule has 1 N–H and O–H groups in total. The van der Waals surface area contributed by atoms with Crippen molar-refractivity contribution in [2.45, 2.75) is 44.4 Å². The van der Waals surface area contributed by atoms with Crippen LogP contribution in [-0.2, 0) is 16.3 Å². The molecule has 1 aromatic carbocycles. The van der Waals surface area contributed by atoms with Gasteiger partial charge in [0.05, 0.1) is 4.75 Å². The lowest BCUT2D eigenvalue weighted by Crippen LogP contribution is -2.45. The second kappa shape index (κ2) is 6.53. The zero-order valence-electron chi connectivity index (χ0n) is 12.3. The Balaban J connectivity index is 2.59. The van der Waals surface area contributed by atoms with Crippen LogP contribution >= 0.6 is 0 Å². The molecule has 19 heavy (non-hydrogen) atoms. The number of hydrogen-bond acceptors (Lipinski definition) is 3. The van der Waals surface area contributed by atoms with Gasteiger partial charge in [-0.1, -0.05) is 37.3 Å². The zero-order valence-corrected chi connectivity index (χ0v) is 13.1. The molecule has 0 aliphatic heterocycles. The maximum atomic E-state index is 11.7. The van der Waals surface area contributed by atoms with Gasteiger partial charge in [-0.3, -0.25) is 0 Å². The van der Waals surface area contributed by atoms with Crippen molar-refractivity contribution in [2.24, 2.45) is 0 Å². The van der Waals surface area contributed by atoms with E-state index >= 15 is 0 Å². The quantitative estimate of drug-likeness (QED) is 0.836. The highest BCUT2D eigenvalue weighted by Gasteiger charge is 2.30. The SMILES string of the molecule is CCC(Cc1ccccc1)NCC(C)(C)S(C)(=O)=O. The van der Waals surface area contributed by atoms with Crippen molar-refractivity contribution in [3.63, 3.8) is 0 Å². The molecule has 108 valence electrons. The van der Waals surface area contributed by atoms with Crippen LogP contribution in [0.5, 0.6) is 0 Å². The van der Waals surface area contributed by atoms with Crippen LogP contribution < -0.4 is 5.32 Å². The van der Waals surface area contributed by atoms with Crippen LogP contribution in [0.15, 0.2) is 30.3 Å². The molecule has 0 saturated carbocycles. The molecule has 1 aromatic rings. The van der Waals surface area contributed by atoms with Crippen molar-refractivity contribution in [1.29, 1.82) is 0 Å². The Hall–Kier alpha value is -0.870. The van der Waals surface area contributed by atoms with E-state index in [9.17, 15) is 8.42 Å². The van der Waals surface area contributed by atoms with Crippen molar-refractivity contribution in [1.82, 2.24) is 5.32 Å². The Bertz CT molecular complexity index is 480. The molecule has 1 rings (SSSR count). The fourth-order valence-corrected chi connectivity index (χ4v) is 2.13. The third-order valence-electron chi connectivity index (χ3n) is 3.64. The third kappa shape index (κ3) is 4.96. The molecule has 1 atom stereocenters. The normalized spacial score (nSPS) is 14.3. The first-order valence-corrected chi connectivity index (χ1v) is 8.62. The number of hydrogen-bond donors (Lipinski definition) is 1. The molecule has 0 fully saturated rings. The van der Waals surface area contributed by atoms with Gasteiger partial charge in [0, 0.05) is 18.8 Å². The van der Waals surface area contributed by atoms with Gasteiger partial charge in [0.15, 0.2) is 9.84 Å². The molecule has 0 heterocycles. The Kier molecular flexibility index (Phi) is 5.56. The van der Waals surface area contributed by atoms with Crippen LogP contribution in [0.1, 0.15) is 32.8 Å². The Morgan fingerprint density at radius 2 is 1.79 bits per heavy atom. The lowest BCUT2D eigenvalue weighted by molar-refractivity contribution is 0.451. The number of rotatable bonds is 7. The van der Waals surface area contributed by atoms with E-state index in [4.69, 9.17) is 0 Å². The predicted molar refractivity (Wildman–Crippen MR) is 81.2 cm³/mol. The third-order valence-corrected chi connectivity index (χ3v) is 5.79. The molecule has 0 saturated heterocycles. The summed E-state index contributed by atoms with van der Waals surface area (Å²) in [7, 11) is -3.04. The van der Waals surface area contributed by atoms with Gasteiger partial charge in [-0.2, -0.15) is 0 Å². The van der Waals surface area contributed by atoms with Crippen LogP contribution in [0.25, 0.3) is 0 Å². The van der Waals surface area contributed by atoms with Crippen LogP contribution in [-0.4, -0.2) is 32.0 Å². The first-order chi connectivity index (χ1) is 8.76. The van der Waals surface area contributed by atoms with Crippen molar-refractivity contribution in [3.8, 4) is 0 Å². The first kappa shape index (κ1) is 16.2. The summed E-state index contributed by atoms with van der Waals surface area (Å²) in [6.45, 7) is 6.14. The highest BCUT2D eigenvalue weighted by atomic mass is 32.2. The minimum atomic E-state index is -3.04. The fraction of sp³-hybridized carbons (Fsp3) is 0.600. The molecule has 1 unspecified atom stereocenters. The number of sulfone groups is 1. The van der Waals surface area contributed by atoms with Crippen molar-refractivity contribution < 1.29 is 8.42 Å². The van der Waals surface area contributed by atoms with Gasteiger partial charge in [-0.15, -0.1) is 0 Å². The van der Waals surface area contributed by atoms with E-state index in [0.29, 0.717) is 12.6 Å². The second-order valence-corrected chi connectivity index (χ2v) is 8.36. The number of benzene rings is 1. The maximum absolute atomic E-state index is 11.7. The molecule has 0 bridgehead atoms. The summed E-state index contributed by atoms with van der Waals surface area (Å²) in [5.41, 5.74) is 1.28. The molecule has 0 radical (unpaired) electrons. The molecular weight excluding hydrogens is 258 g/mol. The topological polar surface area (TPSA) is 46.2 Å². The van der Waals surface area contributed by atoms with Gasteiger partial charge in [0.1, 0.15) is 0 Å². The van der Waals surface area contributed by atoms with E-state index in [1.54, 1.807) is 13.8 Å². The molecule has 0 amide bonds. The van der Waals surface area contributed by atoms with Gasteiger partial charge in [0.25, 0.3) is 0 Å². The molecular formula is C15H25NO2S. The number of nitrogens with one attached hydrogen (secondary N) is 1. The summed E-state index contributed by atoms with van der Waals surface area (Å²) in [6, 6.07) is 10.6. The first-order valence-electron chi connectivity index (χ1n) is 6.73. The summed E-state index contributed by atoms with van der Waals surface area (Å²) in [6.07, 6.45) is 3.21. The average Bonchev–Trinajstić information content (AvgIpc) is 2.34. The Labute approximate surface area is 117 Å². The average molecular weight is 283 g/mol. The summed E-state index contributed by atoms with van der Waals surface area (Å²) < 4.78 is 22.6. The zero-order chi connectivity index (χ0) is 14.5. The van der Waals surface area contributed by atoms with Gasteiger partial charge in [-0.25, -0.2) is 8.42 Å². The lowest BCUT2D eigenvalue weighted by Gasteiger charge is -2.26. The molecule has 0 aromatic heterocycles. The van der Waals surface area contributed by atoms with Crippen molar-refractivity contribution in [3.05, 3.63) is 35.9 Å². The molecule has 0 aliphatic rings. The molecule has 3 nitrogen and oxygen atoms in total. The predicted octanol–water partition coefficient (Wildman–Crippen LogP) is 2.42. The lowest BCUT2D eigenvalue weighted by atomic mass is 10.0. The Morgan fingerprint density at radius 1 is 1.21 bits per heavy atom. The maximum Gasteiger partial charge on any atom is 0.153 e. The highest BCUT2D eigenvalue weighted by molar-refractivity contribution is 7.92. The fourth-order valence-electron chi connectivity index (χ4n) is 1.78. The van der Waals surface area contributed by atoms with E-state index < -0.39 is 14.6 Å². The monoisotopic (exact) mass is 283 g/mol. The smallest absolute Gasteiger partial charge is 0.153 e.